The van der Waals surface area contributed by atoms with Crippen LogP contribution in [0.3, 0.4) is 0 Å². The van der Waals surface area contributed by atoms with Crippen molar-refractivity contribution in [2.75, 3.05) is 46.3 Å². The summed E-state index contributed by atoms with van der Waals surface area (Å²) in [4.78, 5) is 49.4. The number of carbonyl (C=O) groups is 4. The number of rotatable bonds is 6. The molecule has 0 spiro atoms. The predicted octanol–water partition coefficient (Wildman–Crippen LogP) is 0.704. The maximum Gasteiger partial charge on any atom is 0.328 e. The number of hydrogen-bond donors (Lipinski definition) is 3. The van der Waals surface area contributed by atoms with E-state index in [-0.39, 0.29) is 17.9 Å². The highest BCUT2D eigenvalue weighted by molar-refractivity contribution is 5.89. The Morgan fingerprint density at radius 3 is 2.25 bits per heavy atom. The van der Waals surface area contributed by atoms with Crippen molar-refractivity contribution in [2.45, 2.75) is 13.0 Å². The summed E-state index contributed by atoms with van der Waals surface area (Å²) in [6, 6.07) is 10.1. The summed E-state index contributed by atoms with van der Waals surface area (Å²) in [5.74, 6) is -2.11. The average Bonchev–Trinajstić information content (AvgIpc) is 3.12. The highest BCUT2D eigenvalue weighted by Crippen LogP contribution is 2.21. The first-order chi connectivity index (χ1) is 15.3. The van der Waals surface area contributed by atoms with Crippen LogP contribution in [0.15, 0.2) is 42.5 Å². The first kappa shape index (κ1) is 24.9. The van der Waals surface area contributed by atoms with Gasteiger partial charge in [-0.05, 0) is 5.56 Å². The molecule has 2 fully saturated rings. The van der Waals surface area contributed by atoms with Gasteiger partial charge in [-0.1, -0.05) is 30.3 Å². The SMILES string of the molecule is CN(CC1CC(=O)N(Cc2ccccc2)C1)C(=O)N1CCNCC1.O=C(O)/C=C/C(=O)O. The summed E-state index contributed by atoms with van der Waals surface area (Å²) in [7, 11) is 1.84. The van der Waals surface area contributed by atoms with Gasteiger partial charge in [0.2, 0.25) is 5.91 Å². The fourth-order valence-electron chi connectivity index (χ4n) is 3.64. The van der Waals surface area contributed by atoms with Crippen molar-refractivity contribution in [1.29, 1.82) is 0 Å². The minimum atomic E-state index is -1.26. The quantitative estimate of drug-likeness (QED) is 0.549. The van der Waals surface area contributed by atoms with Crippen molar-refractivity contribution >= 4 is 23.9 Å². The van der Waals surface area contributed by atoms with Crippen molar-refractivity contribution < 1.29 is 29.4 Å². The molecule has 1 aromatic rings. The molecule has 3 rings (SSSR count). The van der Waals surface area contributed by atoms with Crippen LogP contribution < -0.4 is 5.32 Å². The Balaban J connectivity index is 0.000000390. The Morgan fingerprint density at radius 1 is 1.09 bits per heavy atom. The molecule has 32 heavy (non-hydrogen) atoms. The number of amides is 3. The number of hydrogen-bond acceptors (Lipinski definition) is 5. The van der Waals surface area contributed by atoms with Gasteiger partial charge in [-0.25, -0.2) is 14.4 Å². The summed E-state index contributed by atoms with van der Waals surface area (Å²) in [5, 5.41) is 18.9. The zero-order valence-electron chi connectivity index (χ0n) is 18.1. The van der Waals surface area contributed by atoms with Gasteiger partial charge >= 0.3 is 18.0 Å². The summed E-state index contributed by atoms with van der Waals surface area (Å²) in [5.41, 5.74) is 1.15. The fraction of sp³-hybridized carbons (Fsp3) is 0.455. The number of aliphatic carboxylic acids is 2. The summed E-state index contributed by atoms with van der Waals surface area (Å²) >= 11 is 0. The molecule has 2 aliphatic rings. The lowest BCUT2D eigenvalue weighted by Gasteiger charge is -2.32. The molecule has 0 bridgehead atoms. The van der Waals surface area contributed by atoms with Crippen molar-refractivity contribution in [2.24, 2.45) is 5.92 Å². The van der Waals surface area contributed by atoms with E-state index in [0.717, 1.165) is 38.3 Å². The minimum absolute atomic E-state index is 0.0745. The van der Waals surface area contributed by atoms with Crippen molar-refractivity contribution in [3.05, 3.63) is 48.0 Å². The van der Waals surface area contributed by atoms with Crippen molar-refractivity contribution in [1.82, 2.24) is 20.0 Å². The number of nitrogens with one attached hydrogen (secondary N) is 1. The molecular formula is C22H30N4O6. The number of carboxylic acids is 2. The zero-order valence-corrected chi connectivity index (χ0v) is 18.1. The molecule has 2 aliphatic heterocycles. The molecule has 0 radical (unpaired) electrons. The van der Waals surface area contributed by atoms with Crippen LogP contribution in [0.5, 0.6) is 0 Å². The number of nitrogens with zero attached hydrogens (tertiary/aromatic N) is 3. The lowest BCUT2D eigenvalue weighted by atomic mass is 10.1. The van der Waals surface area contributed by atoms with E-state index in [9.17, 15) is 19.2 Å². The number of carbonyl (C=O) groups excluding carboxylic acids is 2. The van der Waals surface area contributed by atoms with Gasteiger partial charge in [-0.15, -0.1) is 0 Å². The Bertz CT molecular complexity index is 807. The van der Waals surface area contributed by atoms with Gasteiger partial charge < -0.3 is 30.2 Å². The first-order valence-electron chi connectivity index (χ1n) is 10.4. The second-order valence-electron chi connectivity index (χ2n) is 7.74. The Kier molecular flexibility index (Phi) is 9.68. The van der Waals surface area contributed by atoms with E-state index in [4.69, 9.17) is 10.2 Å². The molecule has 10 nitrogen and oxygen atoms in total. The molecular weight excluding hydrogens is 416 g/mol. The van der Waals surface area contributed by atoms with Crippen LogP contribution in [0.2, 0.25) is 0 Å². The van der Waals surface area contributed by atoms with Crippen LogP contribution in [-0.2, 0) is 20.9 Å². The van der Waals surface area contributed by atoms with Crippen molar-refractivity contribution in [3.63, 3.8) is 0 Å². The van der Waals surface area contributed by atoms with E-state index >= 15 is 0 Å². The van der Waals surface area contributed by atoms with Crippen LogP contribution in [0.25, 0.3) is 0 Å². The molecule has 10 heteroatoms. The number of carboxylic acid groups (broad SMARTS) is 2. The van der Waals surface area contributed by atoms with Gasteiger partial charge in [0.1, 0.15) is 0 Å². The highest BCUT2D eigenvalue weighted by Gasteiger charge is 2.32. The normalized spacial score (nSPS) is 18.3. The van der Waals surface area contributed by atoms with Crippen LogP contribution >= 0.6 is 0 Å². The molecule has 2 heterocycles. The Morgan fingerprint density at radius 2 is 1.69 bits per heavy atom. The lowest BCUT2D eigenvalue weighted by Crippen LogP contribution is -2.51. The minimum Gasteiger partial charge on any atom is -0.478 e. The second-order valence-corrected chi connectivity index (χ2v) is 7.74. The van der Waals surface area contributed by atoms with E-state index in [1.165, 1.54) is 0 Å². The topological polar surface area (TPSA) is 130 Å². The zero-order chi connectivity index (χ0) is 23.5. The molecule has 0 saturated carbocycles. The molecule has 1 aromatic carbocycles. The van der Waals surface area contributed by atoms with E-state index in [2.05, 4.69) is 5.32 Å². The van der Waals surface area contributed by atoms with Crippen LogP contribution in [0.1, 0.15) is 12.0 Å². The van der Waals surface area contributed by atoms with Crippen molar-refractivity contribution in [3.8, 4) is 0 Å². The molecule has 0 aliphatic carbocycles. The molecule has 1 atom stereocenters. The molecule has 3 amide bonds. The maximum atomic E-state index is 12.5. The summed E-state index contributed by atoms with van der Waals surface area (Å²) < 4.78 is 0. The molecule has 1 unspecified atom stereocenters. The molecule has 2 saturated heterocycles. The third-order valence-electron chi connectivity index (χ3n) is 5.13. The van der Waals surface area contributed by atoms with Crippen LogP contribution in [-0.4, -0.2) is 95.1 Å². The van der Waals surface area contributed by atoms with Crippen LogP contribution in [0, 0.1) is 5.92 Å². The predicted molar refractivity (Wildman–Crippen MR) is 117 cm³/mol. The fourth-order valence-corrected chi connectivity index (χ4v) is 3.64. The summed E-state index contributed by atoms with van der Waals surface area (Å²) in [6.45, 7) is 5.25. The largest absolute Gasteiger partial charge is 0.478 e. The van der Waals surface area contributed by atoms with Gasteiger partial charge in [0.05, 0.1) is 0 Å². The van der Waals surface area contributed by atoms with E-state index in [1.807, 2.05) is 47.2 Å². The number of benzene rings is 1. The van der Waals surface area contributed by atoms with Gasteiger partial charge in [-0.2, -0.15) is 0 Å². The molecule has 3 N–H and O–H groups in total. The smallest absolute Gasteiger partial charge is 0.328 e. The third kappa shape index (κ3) is 8.38. The Hall–Kier alpha value is -3.40. The molecule has 174 valence electrons. The lowest BCUT2D eigenvalue weighted by molar-refractivity contribution is -0.134. The second kappa shape index (κ2) is 12.5. The maximum absolute atomic E-state index is 12.5. The number of piperazine rings is 1. The van der Waals surface area contributed by atoms with Gasteiger partial charge in [0, 0.05) is 77.4 Å². The van der Waals surface area contributed by atoms with E-state index in [0.29, 0.717) is 31.7 Å². The number of likely N-dealkylation sites (tertiary alicyclic amines) is 1. The monoisotopic (exact) mass is 446 g/mol. The first-order valence-corrected chi connectivity index (χ1v) is 10.4. The number of urea groups is 1. The Labute approximate surface area is 187 Å². The van der Waals surface area contributed by atoms with E-state index in [1.54, 1.807) is 4.90 Å². The van der Waals surface area contributed by atoms with E-state index < -0.39 is 11.9 Å². The van der Waals surface area contributed by atoms with Gasteiger partial charge in [0.25, 0.3) is 0 Å². The van der Waals surface area contributed by atoms with Crippen LogP contribution in [0.4, 0.5) is 4.79 Å². The average molecular weight is 447 g/mol. The van der Waals surface area contributed by atoms with Gasteiger partial charge in [-0.3, -0.25) is 4.79 Å². The highest BCUT2D eigenvalue weighted by atomic mass is 16.4. The summed E-state index contributed by atoms with van der Waals surface area (Å²) in [6.07, 6.45) is 1.65. The standard InChI is InChI=1S/C18H26N4O2.C4H4O4/c1-20(18(24)21-9-7-19-8-10-21)12-16-11-17(23)22(14-16)13-15-5-3-2-4-6-15;5-3(6)1-2-4(7)8/h2-6,16,19H,7-14H2,1H3;1-2H,(H,5,6)(H,7,8)/b;2-1+. The third-order valence-corrected chi connectivity index (χ3v) is 5.13. The van der Waals surface area contributed by atoms with Gasteiger partial charge in [0.15, 0.2) is 0 Å². The molecule has 0 aromatic heterocycles.